The lowest BCUT2D eigenvalue weighted by molar-refractivity contribution is -0.144. The lowest BCUT2D eigenvalue weighted by Crippen LogP contribution is -2.27. The van der Waals surface area contributed by atoms with Crippen molar-refractivity contribution in [2.75, 3.05) is 6.61 Å². The summed E-state index contributed by atoms with van der Waals surface area (Å²) in [5.41, 5.74) is 0.938. The van der Waals surface area contributed by atoms with E-state index in [9.17, 15) is 19.6 Å². The van der Waals surface area contributed by atoms with E-state index in [4.69, 9.17) is 4.74 Å². The Bertz CT molecular complexity index is 664. The molecule has 1 heterocycles. The number of hydrogen-bond donors (Lipinski definition) is 0. The first kappa shape index (κ1) is 17.9. The fourth-order valence-corrected chi connectivity index (χ4v) is 2.71. The molecular weight excluding hydrogens is 304 g/mol. The van der Waals surface area contributed by atoms with Crippen LogP contribution in [0, 0.1) is 18.3 Å². The van der Waals surface area contributed by atoms with E-state index in [1.54, 1.807) is 13.8 Å². The fraction of sp³-hybridized carbons (Fsp3) is 0.400. The maximum absolute atomic E-state index is 11.8. The first-order valence-electron chi connectivity index (χ1n) is 6.58. The number of Topliss-reactive ketones (excluding diaryl/α,β-unsaturated/α-hetero) is 2. The number of nitriles is 1. The molecule has 0 spiro atoms. The van der Waals surface area contributed by atoms with Gasteiger partial charge >= 0.3 is 5.97 Å². The van der Waals surface area contributed by atoms with Crippen LogP contribution in [0.3, 0.4) is 0 Å². The van der Waals surface area contributed by atoms with Gasteiger partial charge in [-0.15, -0.1) is 0 Å². The maximum atomic E-state index is 11.8. The summed E-state index contributed by atoms with van der Waals surface area (Å²) in [6.07, 6.45) is 0. The summed E-state index contributed by atoms with van der Waals surface area (Å²) < 4.78 is 4.86. The molecule has 116 valence electrons. The summed E-state index contributed by atoms with van der Waals surface area (Å²) in [5.74, 6) is -1.26. The second-order valence-corrected chi connectivity index (χ2v) is 5.60. The van der Waals surface area contributed by atoms with Crippen molar-refractivity contribution in [3.8, 4) is 6.07 Å². The van der Waals surface area contributed by atoms with Gasteiger partial charge in [0.05, 0.1) is 12.2 Å². The minimum Gasteiger partial charge on any atom is -0.465 e. The van der Waals surface area contributed by atoms with Gasteiger partial charge in [0.25, 0.3) is 0 Å². The lowest BCUT2D eigenvalue weighted by atomic mass is 10.1. The van der Waals surface area contributed by atoms with Gasteiger partial charge in [0, 0.05) is 11.3 Å². The van der Waals surface area contributed by atoms with Crippen LogP contribution in [0.15, 0.2) is 11.1 Å². The Morgan fingerprint density at radius 3 is 2.50 bits per heavy atom. The second kappa shape index (κ2) is 7.71. The standard InChI is InChI=1S/C15H16N2O4S/c1-5-21-15(20)13(10(4)19)22-14-11(7-16)6-12(9(3)18)8(2)17-14/h6,13H,5H2,1-4H3. The number of hydrogen-bond acceptors (Lipinski definition) is 7. The van der Waals surface area contributed by atoms with E-state index >= 15 is 0 Å². The van der Waals surface area contributed by atoms with Crippen molar-refractivity contribution in [1.82, 2.24) is 4.98 Å². The van der Waals surface area contributed by atoms with Crippen LogP contribution in [0.25, 0.3) is 0 Å². The van der Waals surface area contributed by atoms with Crippen molar-refractivity contribution in [3.63, 3.8) is 0 Å². The molecule has 1 unspecified atom stereocenters. The van der Waals surface area contributed by atoms with Crippen LogP contribution in [0.5, 0.6) is 0 Å². The molecular formula is C15H16N2O4S. The van der Waals surface area contributed by atoms with Gasteiger partial charge in [-0.05, 0) is 33.8 Å². The van der Waals surface area contributed by atoms with Gasteiger partial charge in [-0.3, -0.25) is 14.4 Å². The number of nitrogens with zero attached hydrogens (tertiary/aromatic N) is 2. The van der Waals surface area contributed by atoms with E-state index in [-0.39, 0.29) is 28.8 Å². The molecule has 1 aromatic rings. The van der Waals surface area contributed by atoms with Gasteiger partial charge < -0.3 is 4.74 Å². The number of ketones is 2. The lowest BCUT2D eigenvalue weighted by Gasteiger charge is -2.13. The van der Waals surface area contributed by atoms with E-state index < -0.39 is 11.2 Å². The van der Waals surface area contributed by atoms with Crippen LogP contribution in [0.4, 0.5) is 0 Å². The molecule has 0 N–H and O–H groups in total. The maximum Gasteiger partial charge on any atom is 0.327 e. The van der Waals surface area contributed by atoms with Gasteiger partial charge in [-0.1, -0.05) is 11.8 Å². The smallest absolute Gasteiger partial charge is 0.327 e. The monoisotopic (exact) mass is 320 g/mol. The number of carbonyl (C=O) groups excluding carboxylic acids is 3. The minimum atomic E-state index is -1.08. The largest absolute Gasteiger partial charge is 0.465 e. The van der Waals surface area contributed by atoms with Gasteiger partial charge in [0.2, 0.25) is 0 Å². The molecule has 0 saturated carbocycles. The molecule has 6 nitrogen and oxygen atoms in total. The van der Waals surface area contributed by atoms with Crippen molar-refractivity contribution < 1.29 is 19.1 Å². The van der Waals surface area contributed by atoms with Crippen LogP contribution < -0.4 is 0 Å². The third kappa shape index (κ3) is 4.15. The molecule has 0 radical (unpaired) electrons. The first-order valence-corrected chi connectivity index (χ1v) is 7.46. The zero-order chi connectivity index (χ0) is 16.9. The van der Waals surface area contributed by atoms with Crippen LogP contribution in [-0.4, -0.2) is 34.4 Å². The molecule has 0 amide bonds. The summed E-state index contributed by atoms with van der Waals surface area (Å²) in [6, 6.07) is 3.36. The Kier molecular flexibility index (Phi) is 6.25. The number of pyridine rings is 1. The molecule has 0 aromatic carbocycles. The van der Waals surface area contributed by atoms with Gasteiger partial charge in [0.1, 0.15) is 11.1 Å². The van der Waals surface area contributed by atoms with E-state index in [1.165, 1.54) is 19.9 Å². The average Bonchev–Trinajstić information content (AvgIpc) is 2.44. The number of aryl methyl sites for hydroxylation is 1. The summed E-state index contributed by atoms with van der Waals surface area (Å²) in [7, 11) is 0. The van der Waals surface area contributed by atoms with Gasteiger partial charge in [0.15, 0.2) is 16.8 Å². The average molecular weight is 320 g/mol. The fourth-order valence-electron chi connectivity index (χ4n) is 1.74. The predicted octanol–water partition coefficient (Wildman–Crippen LogP) is 2.08. The predicted molar refractivity (Wildman–Crippen MR) is 80.7 cm³/mol. The van der Waals surface area contributed by atoms with Crippen molar-refractivity contribution >= 4 is 29.3 Å². The third-order valence-electron chi connectivity index (χ3n) is 2.78. The Morgan fingerprint density at radius 2 is 2.05 bits per heavy atom. The molecule has 0 aliphatic carbocycles. The quantitative estimate of drug-likeness (QED) is 0.342. The number of thioether (sulfide) groups is 1. The molecule has 0 aliphatic heterocycles. The summed E-state index contributed by atoms with van der Waals surface area (Å²) in [4.78, 5) is 39.1. The second-order valence-electron chi connectivity index (χ2n) is 4.50. The third-order valence-corrected chi connectivity index (χ3v) is 4.07. The number of esters is 1. The van der Waals surface area contributed by atoms with Crippen molar-refractivity contribution in [1.29, 1.82) is 5.26 Å². The van der Waals surface area contributed by atoms with Crippen LogP contribution >= 0.6 is 11.8 Å². The normalized spacial score (nSPS) is 11.4. The van der Waals surface area contributed by atoms with Crippen molar-refractivity contribution in [2.45, 2.75) is 38.0 Å². The molecule has 1 atom stereocenters. The SMILES string of the molecule is CCOC(=O)C(Sc1nc(C)c(C(C)=O)cc1C#N)C(C)=O. The highest BCUT2D eigenvalue weighted by atomic mass is 32.2. The Labute approximate surface area is 132 Å². The Hall–Kier alpha value is -2.20. The zero-order valence-electron chi connectivity index (χ0n) is 12.8. The van der Waals surface area contributed by atoms with E-state index in [2.05, 4.69) is 4.98 Å². The Morgan fingerprint density at radius 1 is 1.41 bits per heavy atom. The molecule has 1 aromatic heterocycles. The van der Waals surface area contributed by atoms with Gasteiger partial charge in [-0.2, -0.15) is 5.26 Å². The molecule has 0 aliphatic rings. The van der Waals surface area contributed by atoms with Crippen LogP contribution in [0.2, 0.25) is 0 Å². The van der Waals surface area contributed by atoms with E-state index in [1.807, 2.05) is 6.07 Å². The number of aromatic nitrogens is 1. The van der Waals surface area contributed by atoms with Gasteiger partial charge in [-0.25, -0.2) is 4.98 Å². The minimum absolute atomic E-state index is 0.149. The topological polar surface area (TPSA) is 97.1 Å². The summed E-state index contributed by atoms with van der Waals surface area (Å²) in [5, 5.41) is 8.35. The zero-order valence-corrected chi connectivity index (χ0v) is 13.6. The van der Waals surface area contributed by atoms with Crippen molar-refractivity contribution in [3.05, 3.63) is 22.9 Å². The molecule has 0 fully saturated rings. The molecule has 0 saturated heterocycles. The number of carbonyl (C=O) groups is 3. The molecule has 22 heavy (non-hydrogen) atoms. The number of rotatable bonds is 6. The van der Waals surface area contributed by atoms with Crippen LogP contribution in [-0.2, 0) is 14.3 Å². The van der Waals surface area contributed by atoms with Crippen LogP contribution in [0.1, 0.15) is 42.4 Å². The highest BCUT2D eigenvalue weighted by molar-refractivity contribution is 8.01. The molecule has 7 heteroatoms. The van der Waals surface area contributed by atoms with E-state index in [0.29, 0.717) is 11.3 Å². The Balaban J connectivity index is 3.23. The molecule has 0 bridgehead atoms. The number of ether oxygens (including phenoxy) is 1. The molecule has 1 rings (SSSR count). The first-order chi connectivity index (χ1) is 10.3. The van der Waals surface area contributed by atoms with E-state index in [0.717, 1.165) is 11.8 Å². The summed E-state index contributed by atoms with van der Waals surface area (Å²) >= 11 is 0.862. The summed E-state index contributed by atoms with van der Waals surface area (Å²) in [6.45, 7) is 6.09. The highest BCUT2D eigenvalue weighted by Crippen LogP contribution is 2.28. The highest BCUT2D eigenvalue weighted by Gasteiger charge is 2.28. The van der Waals surface area contributed by atoms with Crippen molar-refractivity contribution in [2.24, 2.45) is 0 Å².